The molecule has 0 bridgehead atoms. The minimum absolute atomic E-state index is 0.294. The number of hydrogen-bond donors (Lipinski definition) is 1. The summed E-state index contributed by atoms with van der Waals surface area (Å²) in [5.74, 6) is -0.587. The summed E-state index contributed by atoms with van der Waals surface area (Å²) in [6.45, 7) is 6.29. The summed E-state index contributed by atoms with van der Waals surface area (Å²) in [6, 6.07) is 16.6. The molecule has 1 heterocycles. The Morgan fingerprint density at radius 2 is 1.65 bits per heavy atom. The number of carbonyl (C=O) groups is 2. The third-order valence-corrected chi connectivity index (χ3v) is 4.64. The minimum Gasteiger partial charge on any atom is -0.381 e. The molecule has 0 atom stereocenters. The van der Waals surface area contributed by atoms with Crippen molar-refractivity contribution in [1.82, 2.24) is 0 Å². The van der Waals surface area contributed by atoms with E-state index >= 15 is 0 Å². The molecule has 1 aliphatic heterocycles. The van der Waals surface area contributed by atoms with Crippen LogP contribution < -0.4 is 10.2 Å². The van der Waals surface area contributed by atoms with E-state index in [1.165, 1.54) is 4.90 Å². The van der Waals surface area contributed by atoms with E-state index < -0.39 is 0 Å². The van der Waals surface area contributed by atoms with Gasteiger partial charge in [0.2, 0.25) is 0 Å². The fraction of sp³-hybridized carbons (Fsp3) is 0.0909. The predicted octanol–water partition coefficient (Wildman–Crippen LogP) is 4.55. The first-order valence-electron chi connectivity index (χ1n) is 8.48. The second-order valence-corrected chi connectivity index (χ2v) is 6.34. The molecule has 1 aliphatic rings. The van der Waals surface area contributed by atoms with Gasteiger partial charge in [-0.2, -0.15) is 0 Å². The number of aryl methyl sites for hydroxylation is 1. The topological polar surface area (TPSA) is 49.4 Å². The van der Waals surface area contributed by atoms with Gasteiger partial charge in [-0.3, -0.25) is 9.59 Å². The van der Waals surface area contributed by atoms with Gasteiger partial charge in [-0.15, -0.1) is 6.58 Å². The SMILES string of the molecule is C=CCNc1ccc2c3c(cccc13)C(=O)N(c1ccc(C)cc1)C2=O. The molecular weight excluding hydrogens is 324 g/mol. The van der Waals surface area contributed by atoms with Gasteiger partial charge in [0, 0.05) is 34.1 Å². The molecule has 128 valence electrons. The number of imide groups is 1. The van der Waals surface area contributed by atoms with Gasteiger partial charge in [0.05, 0.1) is 5.69 Å². The first-order chi connectivity index (χ1) is 12.6. The summed E-state index contributed by atoms with van der Waals surface area (Å²) in [7, 11) is 0. The van der Waals surface area contributed by atoms with Gasteiger partial charge >= 0.3 is 0 Å². The molecule has 0 aliphatic carbocycles. The van der Waals surface area contributed by atoms with Crippen LogP contribution in [-0.2, 0) is 0 Å². The van der Waals surface area contributed by atoms with Crippen LogP contribution in [0.1, 0.15) is 26.3 Å². The van der Waals surface area contributed by atoms with Crippen molar-refractivity contribution in [2.24, 2.45) is 0 Å². The Kier molecular flexibility index (Phi) is 3.81. The van der Waals surface area contributed by atoms with Crippen LogP contribution in [0, 0.1) is 6.92 Å². The van der Waals surface area contributed by atoms with Crippen molar-refractivity contribution in [3.8, 4) is 0 Å². The quantitative estimate of drug-likeness (QED) is 0.559. The van der Waals surface area contributed by atoms with Crippen LogP contribution in [0.25, 0.3) is 10.8 Å². The Morgan fingerprint density at radius 1 is 0.962 bits per heavy atom. The molecule has 4 nitrogen and oxygen atoms in total. The summed E-state index contributed by atoms with van der Waals surface area (Å²) in [5.41, 5.74) is 3.63. The maximum absolute atomic E-state index is 13.1. The van der Waals surface area contributed by atoms with Crippen LogP contribution in [0.5, 0.6) is 0 Å². The largest absolute Gasteiger partial charge is 0.381 e. The first-order valence-corrected chi connectivity index (χ1v) is 8.48. The lowest BCUT2D eigenvalue weighted by Gasteiger charge is -2.28. The van der Waals surface area contributed by atoms with Crippen molar-refractivity contribution < 1.29 is 9.59 Å². The number of hydrogen-bond acceptors (Lipinski definition) is 3. The van der Waals surface area contributed by atoms with Crippen molar-refractivity contribution in [2.45, 2.75) is 6.92 Å². The molecular formula is C22H18N2O2. The fourth-order valence-electron chi connectivity index (χ4n) is 3.36. The highest BCUT2D eigenvalue weighted by Crippen LogP contribution is 2.36. The molecule has 3 aromatic carbocycles. The highest BCUT2D eigenvalue weighted by molar-refractivity contribution is 6.36. The fourth-order valence-corrected chi connectivity index (χ4v) is 3.36. The van der Waals surface area contributed by atoms with Gasteiger partial charge in [0.1, 0.15) is 0 Å². The Balaban J connectivity index is 1.90. The molecule has 26 heavy (non-hydrogen) atoms. The van der Waals surface area contributed by atoms with Crippen LogP contribution in [0.4, 0.5) is 11.4 Å². The van der Waals surface area contributed by atoms with Crippen LogP contribution in [-0.4, -0.2) is 18.4 Å². The number of rotatable bonds is 4. The van der Waals surface area contributed by atoms with Crippen molar-refractivity contribution in [3.63, 3.8) is 0 Å². The van der Waals surface area contributed by atoms with E-state index in [-0.39, 0.29) is 11.8 Å². The van der Waals surface area contributed by atoms with Crippen molar-refractivity contribution >= 4 is 34.0 Å². The molecule has 1 N–H and O–H groups in total. The molecule has 0 fully saturated rings. The zero-order chi connectivity index (χ0) is 18.3. The Labute approximate surface area is 151 Å². The number of anilines is 2. The van der Waals surface area contributed by atoms with E-state index in [0.717, 1.165) is 16.6 Å². The normalized spacial score (nSPS) is 13.2. The lowest BCUT2D eigenvalue weighted by atomic mass is 9.92. The molecule has 0 aromatic heterocycles. The van der Waals surface area contributed by atoms with Gasteiger partial charge in [-0.1, -0.05) is 35.9 Å². The zero-order valence-corrected chi connectivity index (χ0v) is 14.5. The zero-order valence-electron chi connectivity index (χ0n) is 14.5. The lowest BCUT2D eigenvalue weighted by molar-refractivity contribution is 0.0893. The summed E-state index contributed by atoms with van der Waals surface area (Å²) in [5, 5.41) is 4.84. The molecule has 0 saturated carbocycles. The lowest BCUT2D eigenvalue weighted by Crippen LogP contribution is -2.40. The van der Waals surface area contributed by atoms with E-state index in [1.807, 2.05) is 37.3 Å². The van der Waals surface area contributed by atoms with Gasteiger partial charge in [0.25, 0.3) is 11.8 Å². The van der Waals surface area contributed by atoms with Crippen molar-refractivity contribution in [2.75, 3.05) is 16.8 Å². The van der Waals surface area contributed by atoms with Gasteiger partial charge in [0.15, 0.2) is 0 Å². The molecule has 4 rings (SSSR count). The van der Waals surface area contributed by atoms with E-state index in [0.29, 0.717) is 28.7 Å². The predicted molar refractivity (Wildman–Crippen MR) is 105 cm³/mol. The number of nitrogens with zero attached hydrogens (tertiary/aromatic N) is 1. The number of carbonyl (C=O) groups excluding carboxylic acids is 2. The third-order valence-electron chi connectivity index (χ3n) is 4.64. The molecule has 0 saturated heterocycles. The van der Waals surface area contributed by atoms with Crippen LogP contribution in [0.15, 0.2) is 67.3 Å². The summed E-state index contributed by atoms with van der Waals surface area (Å²) >= 11 is 0. The van der Waals surface area contributed by atoms with E-state index in [1.54, 1.807) is 30.3 Å². The highest BCUT2D eigenvalue weighted by Gasteiger charge is 2.34. The minimum atomic E-state index is -0.294. The Hall–Kier alpha value is -3.40. The summed E-state index contributed by atoms with van der Waals surface area (Å²) in [6.07, 6.45) is 1.77. The van der Waals surface area contributed by atoms with Gasteiger partial charge < -0.3 is 5.32 Å². The Morgan fingerprint density at radius 3 is 2.35 bits per heavy atom. The maximum atomic E-state index is 13.1. The first kappa shape index (κ1) is 16.1. The van der Waals surface area contributed by atoms with Crippen LogP contribution in [0.3, 0.4) is 0 Å². The Bertz CT molecular complexity index is 1030. The molecule has 4 heteroatoms. The third kappa shape index (κ3) is 2.39. The van der Waals surface area contributed by atoms with Crippen molar-refractivity contribution in [1.29, 1.82) is 0 Å². The monoisotopic (exact) mass is 342 g/mol. The van der Waals surface area contributed by atoms with Gasteiger partial charge in [-0.25, -0.2) is 4.90 Å². The number of benzene rings is 3. The average molecular weight is 342 g/mol. The number of amides is 2. The maximum Gasteiger partial charge on any atom is 0.265 e. The molecule has 2 amide bonds. The molecule has 0 unspecified atom stereocenters. The molecule has 0 spiro atoms. The number of nitrogens with one attached hydrogen (secondary N) is 1. The van der Waals surface area contributed by atoms with Crippen molar-refractivity contribution in [3.05, 3.63) is 83.9 Å². The smallest absolute Gasteiger partial charge is 0.265 e. The van der Waals surface area contributed by atoms with Crippen LogP contribution in [0.2, 0.25) is 0 Å². The standard InChI is InChI=1S/C22H18N2O2/c1-3-13-23-19-12-11-18-20-16(19)5-4-6-17(20)21(25)24(22(18)26)15-9-7-14(2)8-10-15/h3-12,23H,1,13H2,2H3. The molecule has 3 aromatic rings. The second-order valence-electron chi connectivity index (χ2n) is 6.34. The summed E-state index contributed by atoms with van der Waals surface area (Å²) in [4.78, 5) is 27.4. The van der Waals surface area contributed by atoms with Gasteiger partial charge in [-0.05, 0) is 37.3 Å². The average Bonchev–Trinajstić information content (AvgIpc) is 2.66. The summed E-state index contributed by atoms with van der Waals surface area (Å²) < 4.78 is 0. The second kappa shape index (κ2) is 6.15. The highest BCUT2D eigenvalue weighted by atomic mass is 16.2. The van der Waals surface area contributed by atoms with E-state index in [9.17, 15) is 9.59 Å². The van der Waals surface area contributed by atoms with E-state index in [4.69, 9.17) is 0 Å². The van der Waals surface area contributed by atoms with Crippen LogP contribution >= 0.6 is 0 Å². The van der Waals surface area contributed by atoms with E-state index in [2.05, 4.69) is 11.9 Å². The molecule has 0 radical (unpaired) electrons.